The van der Waals surface area contributed by atoms with Gasteiger partial charge in [0.1, 0.15) is 0 Å². The van der Waals surface area contributed by atoms with Crippen LogP contribution in [0.15, 0.2) is 24.5 Å². The maximum Gasteiger partial charge on any atom is 0.390 e. The third-order valence-electron chi connectivity index (χ3n) is 7.70. The van der Waals surface area contributed by atoms with Crippen LogP contribution >= 0.6 is 0 Å². The van der Waals surface area contributed by atoms with Gasteiger partial charge in [0, 0.05) is 32.0 Å². The lowest BCUT2D eigenvalue weighted by atomic mass is 9.49. The van der Waals surface area contributed by atoms with Crippen LogP contribution in [0.2, 0.25) is 0 Å². The van der Waals surface area contributed by atoms with Crippen molar-refractivity contribution in [3.63, 3.8) is 0 Å². The van der Waals surface area contributed by atoms with Crippen molar-refractivity contribution in [2.75, 3.05) is 19.6 Å². The lowest BCUT2D eigenvalue weighted by Gasteiger charge is -2.57. The highest BCUT2D eigenvalue weighted by atomic mass is 19.4. The van der Waals surface area contributed by atoms with Gasteiger partial charge < -0.3 is 10.2 Å². The number of aromatic nitrogens is 1. The van der Waals surface area contributed by atoms with E-state index in [1.54, 1.807) is 12.4 Å². The Balaban J connectivity index is 1.29. The Labute approximate surface area is 183 Å². The standard InChI is InChI=1S/C24H34F3N3O/c25-24(26,27)6-11-30(22(31)29-7-1-2-18-3-8-28-9-4-18)10-5-23-15-19-12-20(16-23)14-21(13-19)17-23/h3-4,8-9,19-21H,1-2,5-7,10-17H2,(H,29,31). The van der Waals surface area contributed by atoms with Crippen LogP contribution < -0.4 is 5.32 Å². The molecule has 0 unspecified atom stereocenters. The Hall–Kier alpha value is -1.79. The number of aryl methyl sites for hydroxylation is 1. The van der Waals surface area contributed by atoms with Gasteiger partial charge in [-0.3, -0.25) is 4.98 Å². The van der Waals surface area contributed by atoms with Gasteiger partial charge in [-0.25, -0.2) is 4.79 Å². The van der Waals surface area contributed by atoms with Gasteiger partial charge in [-0.1, -0.05) is 0 Å². The van der Waals surface area contributed by atoms with E-state index in [4.69, 9.17) is 0 Å². The number of amides is 2. The van der Waals surface area contributed by atoms with E-state index in [1.807, 2.05) is 12.1 Å². The molecule has 0 aromatic carbocycles. The highest BCUT2D eigenvalue weighted by Gasteiger charge is 2.50. The number of rotatable bonds is 9. The first-order valence-electron chi connectivity index (χ1n) is 11.8. The number of nitrogens with one attached hydrogen (secondary N) is 1. The SMILES string of the molecule is O=C(NCCCc1ccncc1)N(CCC(F)(F)F)CCC12CC3CC(CC(C3)C1)C2. The Morgan fingerprint density at radius 1 is 1.06 bits per heavy atom. The fourth-order valence-electron chi connectivity index (χ4n) is 6.69. The number of carbonyl (C=O) groups excluding carboxylic acids is 1. The predicted molar refractivity (Wildman–Crippen MR) is 113 cm³/mol. The second-order valence-electron chi connectivity index (χ2n) is 10.2. The van der Waals surface area contributed by atoms with Gasteiger partial charge in [0.05, 0.1) is 6.42 Å². The van der Waals surface area contributed by atoms with Crippen LogP contribution in [0.25, 0.3) is 0 Å². The summed E-state index contributed by atoms with van der Waals surface area (Å²) in [6.07, 6.45) is 8.32. The summed E-state index contributed by atoms with van der Waals surface area (Å²) in [7, 11) is 0. The van der Waals surface area contributed by atoms with Crippen molar-refractivity contribution in [2.24, 2.45) is 23.2 Å². The van der Waals surface area contributed by atoms with Crippen LogP contribution in [0.4, 0.5) is 18.0 Å². The van der Waals surface area contributed by atoms with E-state index in [0.29, 0.717) is 13.1 Å². The normalized spacial score (nSPS) is 29.2. The molecular weight excluding hydrogens is 403 g/mol. The molecule has 4 aliphatic rings. The first kappa shape index (κ1) is 22.4. The van der Waals surface area contributed by atoms with Gasteiger partial charge in [-0.2, -0.15) is 13.2 Å². The third-order valence-corrected chi connectivity index (χ3v) is 7.70. The zero-order valence-corrected chi connectivity index (χ0v) is 18.2. The van der Waals surface area contributed by atoms with E-state index in [-0.39, 0.29) is 18.0 Å². The van der Waals surface area contributed by atoms with Gasteiger partial charge in [-0.15, -0.1) is 0 Å². The summed E-state index contributed by atoms with van der Waals surface area (Å²) in [5.41, 5.74) is 1.40. The Kier molecular flexibility index (Phi) is 6.77. The van der Waals surface area contributed by atoms with E-state index in [1.165, 1.54) is 43.4 Å². The summed E-state index contributed by atoms with van der Waals surface area (Å²) in [6, 6.07) is 3.51. The summed E-state index contributed by atoms with van der Waals surface area (Å²) in [4.78, 5) is 18.1. The summed E-state index contributed by atoms with van der Waals surface area (Å²) >= 11 is 0. The minimum Gasteiger partial charge on any atom is -0.338 e. The van der Waals surface area contributed by atoms with Crippen molar-refractivity contribution in [3.8, 4) is 0 Å². The quantitative estimate of drug-likeness (QED) is 0.512. The van der Waals surface area contributed by atoms with Crippen LogP contribution in [-0.4, -0.2) is 41.7 Å². The molecule has 4 aliphatic carbocycles. The molecule has 7 heteroatoms. The maximum atomic E-state index is 12.9. The zero-order valence-electron chi connectivity index (χ0n) is 18.2. The van der Waals surface area contributed by atoms with Crippen molar-refractivity contribution in [3.05, 3.63) is 30.1 Å². The monoisotopic (exact) mass is 437 g/mol. The number of nitrogens with zero attached hydrogens (tertiary/aromatic N) is 2. The van der Waals surface area contributed by atoms with Gasteiger partial charge in [0.15, 0.2) is 0 Å². The van der Waals surface area contributed by atoms with Crippen LogP contribution in [0.3, 0.4) is 0 Å². The van der Waals surface area contributed by atoms with E-state index in [0.717, 1.165) is 42.6 Å². The van der Waals surface area contributed by atoms with Crippen LogP contribution in [0.5, 0.6) is 0 Å². The summed E-state index contributed by atoms with van der Waals surface area (Å²) in [5.74, 6) is 2.41. The molecule has 0 atom stereocenters. The molecule has 31 heavy (non-hydrogen) atoms. The van der Waals surface area contributed by atoms with Crippen molar-refractivity contribution in [1.29, 1.82) is 0 Å². The number of urea groups is 1. The zero-order chi connectivity index (χ0) is 21.9. The van der Waals surface area contributed by atoms with Crippen LogP contribution in [-0.2, 0) is 6.42 Å². The van der Waals surface area contributed by atoms with Crippen LogP contribution in [0.1, 0.15) is 63.4 Å². The lowest BCUT2D eigenvalue weighted by Crippen LogP contribution is -2.49. The third kappa shape index (κ3) is 6.13. The van der Waals surface area contributed by atoms with Crippen molar-refractivity contribution < 1.29 is 18.0 Å². The van der Waals surface area contributed by atoms with Gasteiger partial charge in [0.25, 0.3) is 0 Å². The number of alkyl halides is 3. The molecule has 172 valence electrons. The van der Waals surface area contributed by atoms with E-state index < -0.39 is 12.6 Å². The number of hydrogen-bond acceptors (Lipinski definition) is 2. The average Bonchev–Trinajstić information content (AvgIpc) is 2.70. The van der Waals surface area contributed by atoms with E-state index in [9.17, 15) is 18.0 Å². The Morgan fingerprint density at radius 3 is 2.26 bits per heavy atom. The molecule has 0 saturated heterocycles. The molecule has 1 aromatic heterocycles. The first-order chi connectivity index (χ1) is 14.8. The molecule has 0 radical (unpaired) electrons. The Morgan fingerprint density at radius 2 is 1.68 bits per heavy atom. The van der Waals surface area contributed by atoms with Crippen molar-refractivity contribution >= 4 is 6.03 Å². The molecule has 1 heterocycles. The number of hydrogen-bond donors (Lipinski definition) is 1. The number of pyridine rings is 1. The molecule has 4 nitrogen and oxygen atoms in total. The smallest absolute Gasteiger partial charge is 0.338 e. The lowest BCUT2D eigenvalue weighted by molar-refractivity contribution is -0.136. The number of halogens is 3. The molecular formula is C24H34F3N3O. The molecule has 4 saturated carbocycles. The summed E-state index contributed by atoms with van der Waals surface area (Å²) in [6.45, 7) is 0.630. The molecule has 4 bridgehead atoms. The molecule has 0 spiro atoms. The Bertz CT molecular complexity index is 702. The fraction of sp³-hybridized carbons (Fsp3) is 0.750. The minimum atomic E-state index is -4.25. The second-order valence-corrected chi connectivity index (χ2v) is 10.2. The predicted octanol–water partition coefficient (Wildman–Crippen LogP) is 5.58. The molecule has 1 N–H and O–H groups in total. The first-order valence-corrected chi connectivity index (χ1v) is 11.8. The fourth-order valence-corrected chi connectivity index (χ4v) is 6.69. The van der Waals surface area contributed by atoms with E-state index in [2.05, 4.69) is 10.3 Å². The summed E-state index contributed by atoms with van der Waals surface area (Å²) < 4.78 is 38.6. The molecule has 0 aliphatic heterocycles. The maximum absolute atomic E-state index is 12.9. The van der Waals surface area contributed by atoms with Gasteiger partial charge >= 0.3 is 12.2 Å². The van der Waals surface area contributed by atoms with E-state index >= 15 is 0 Å². The molecule has 5 rings (SSSR count). The molecule has 2 amide bonds. The largest absolute Gasteiger partial charge is 0.390 e. The molecule has 4 fully saturated rings. The van der Waals surface area contributed by atoms with Gasteiger partial charge in [0.2, 0.25) is 0 Å². The van der Waals surface area contributed by atoms with Crippen molar-refractivity contribution in [1.82, 2.24) is 15.2 Å². The van der Waals surface area contributed by atoms with Crippen LogP contribution in [0, 0.1) is 23.2 Å². The van der Waals surface area contributed by atoms with Gasteiger partial charge in [-0.05, 0) is 98.7 Å². The number of carbonyl (C=O) groups is 1. The summed E-state index contributed by atoms with van der Waals surface area (Å²) in [5, 5.41) is 2.85. The molecule has 1 aromatic rings. The second kappa shape index (κ2) is 9.37. The average molecular weight is 438 g/mol. The highest BCUT2D eigenvalue weighted by molar-refractivity contribution is 5.74. The van der Waals surface area contributed by atoms with Crippen molar-refractivity contribution in [2.45, 2.75) is 70.4 Å². The minimum absolute atomic E-state index is 0.257. The highest BCUT2D eigenvalue weighted by Crippen LogP contribution is 2.61. The topological polar surface area (TPSA) is 45.2 Å².